The molecule has 0 aromatic heterocycles. The van der Waals surface area contributed by atoms with Gasteiger partial charge in [-0.1, -0.05) is 57.2 Å². The molecule has 128 valence electrons. The molecule has 0 fully saturated rings. The van der Waals surface area contributed by atoms with Gasteiger partial charge in [-0.15, -0.1) is 0 Å². The van der Waals surface area contributed by atoms with E-state index >= 15 is 0 Å². The topological polar surface area (TPSA) is 32.3 Å². The van der Waals surface area contributed by atoms with Crippen molar-refractivity contribution < 1.29 is 4.79 Å². The Bertz CT molecular complexity index is 682. The zero-order chi connectivity index (χ0) is 17.7. The maximum atomic E-state index is 12.1. The van der Waals surface area contributed by atoms with E-state index in [9.17, 15) is 4.79 Å². The molecule has 0 aliphatic carbocycles. The van der Waals surface area contributed by atoms with Crippen LogP contribution < -0.4 is 5.32 Å². The summed E-state index contributed by atoms with van der Waals surface area (Å²) in [5, 5.41) is 2.94. The van der Waals surface area contributed by atoms with Crippen LogP contribution in [0.5, 0.6) is 0 Å². The average molecular weight is 324 g/mol. The fourth-order valence-corrected chi connectivity index (χ4v) is 2.47. The maximum Gasteiger partial charge on any atom is 0.251 e. The number of carbonyl (C=O) groups excluding carboxylic acids is 1. The van der Waals surface area contributed by atoms with Gasteiger partial charge in [0.25, 0.3) is 5.91 Å². The molecule has 0 radical (unpaired) electrons. The van der Waals surface area contributed by atoms with Gasteiger partial charge < -0.3 is 10.2 Å². The van der Waals surface area contributed by atoms with Gasteiger partial charge in [-0.25, -0.2) is 0 Å². The molecule has 24 heavy (non-hydrogen) atoms. The second kappa shape index (κ2) is 7.63. The second-order valence-electron chi connectivity index (χ2n) is 7.47. The minimum Gasteiger partial charge on any atom is -0.351 e. The molecule has 2 rings (SSSR count). The third kappa shape index (κ3) is 4.93. The van der Waals surface area contributed by atoms with Gasteiger partial charge >= 0.3 is 0 Å². The van der Waals surface area contributed by atoms with Gasteiger partial charge in [-0.05, 0) is 48.3 Å². The highest BCUT2D eigenvalue weighted by molar-refractivity contribution is 5.94. The van der Waals surface area contributed by atoms with Crippen molar-refractivity contribution in [3.63, 3.8) is 0 Å². The molecule has 3 nitrogen and oxygen atoms in total. The zero-order valence-electron chi connectivity index (χ0n) is 15.4. The maximum absolute atomic E-state index is 12.1. The van der Waals surface area contributed by atoms with Crippen LogP contribution in [0.2, 0.25) is 0 Å². The number of amides is 1. The molecule has 1 amide bonds. The highest BCUT2D eigenvalue weighted by atomic mass is 16.1. The summed E-state index contributed by atoms with van der Waals surface area (Å²) in [6.07, 6.45) is 0. The first-order valence-electron chi connectivity index (χ1n) is 8.41. The Morgan fingerprint density at radius 3 is 2.25 bits per heavy atom. The van der Waals surface area contributed by atoms with Gasteiger partial charge in [0.05, 0.1) is 0 Å². The van der Waals surface area contributed by atoms with E-state index in [1.807, 2.05) is 43.3 Å². The molecule has 0 saturated carbocycles. The lowest BCUT2D eigenvalue weighted by atomic mass is 9.85. The first-order chi connectivity index (χ1) is 11.3. The number of benzene rings is 2. The van der Waals surface area contributed by atoms with E-state index < -0.39 is 0 Å². The molecule has 0 aliphatic heterocycles. The summed E-state index contributed by atoms with van der Waals surface area (Å²) in [5.74, 6) is -0.0214. The molecule has 2 aromatic rings. The number of rotatable bonds is 5. The number of hydrogen-bond acceptors (Lipinski definition) is 2. The van der Waals surface area contributed by atoms with Crippen LogP contribution in [0, 0.1) is 0 Å². The van der Waals surface area contributed by atoms with E-state index in [0.29, 0.717) is 12.1 Å². The summed E-state index contributed by atoms with van der Waals surface area (Å²) in [6, 6.07) is 16.4. The van der Waals surface area contributed by atoms with Gasteiger partial charge in [0.1, 0.15) is 0 Å². The van der Waals surface area contributed by atoms with Gasteiger partial charge in [-0.3, -0.25) is 4.79 Å². The summed E-state index contributed by atoms with van der Waals surface area (Å²) < 4.78 is 0. The summed E-state index contributed by atoms with van der Waals surface area (Å²) >= 11 is 0. The van der Waals surface area contributed by atoms with Crippen LogP contribution in [-0.2, 0) is 5.41 Å². The Labute approximate surface area is 145 Å². The molecule has 0 heterocycles. The quantitative estimate of drug-likeness (QED) is 0.903. The minimum absolute atomic E-state index is 0.0214. The lowest BCUT2D eigenvalue weighted by Crippen LogP contribution is -2.31. The van der Waals surface area contributed by atoms with E-state index in [0.717, 1.165) is 12.1 Å². The fourth-order valence-electron chi connectivity index (χ4n) is 2.47. The molecule has 0 bridgehead atoms. The van der Waals surface area contributed by atoms with Gasteiger partial charge in [0, 0.05) is 18.7 Å². The van der Waals surface area contributed by atoms with Crippen molar-refractivity contribution in [2.45, 2.75) is 26.2 Å². The Morgan fingerprint density at radius 1 is 1.00 bits per heavy atom. The Kier molecular flexibility index (Phi) is 5.79. The third-order valence-corrected chi connectivity index (χ3v) is 4.05. The lowest BCUT2D eigenvalue weighted by Gasteiger charge is -2.19. The lowest BCUT2D eigenvalue weighted by molar-refractivity contribution is 0.0951. The van der Waals surface area contributed by atoms with E-state index in [2.05, 4.69) is 50.4 Å². The van der Waals surface area contributed by atoms with Crippen molar-refractivity contribution >= 4 is 5.91 Å². The predicted octanol–water partition coefficient (Wildman–Crippen LogP) is 3.94. The van der Waals surface area contributed by atoms with Crippen molar-refractivity contribution in [2.75, 3.05) is 27.2 Å². The molecule has 1 N–H and O–H groups in total. The number of nitrogens with zero attached hydrogens (tertiary/aromatic N) is 1. The number of hydrogen-bond donors (Lipinski definition) is 1. The Balaban J connectivity index is 2.11. The average Bonchev–Trinajstić information content (AvgIpc) is 2.54. The minimum atomic E-state index is -0.0214. The SMILES string of the molecule is CN(C)CCNC(=O)c1ccc(-c2cccc(C(C)(C)C)c2)cc1. The smallest absolute Gasteiger partial charge is 0.251 e. The van der Waals surface area contributed by atoms with Crippen LogP contribution in [0.15, 0.2) is 48.5 Å². The van der Waals surface area contributed by atoms with E-state index in [-0.39, 0.29) is 11.3 Å². The van der Waals surface area contributed by atoms with E-state index in [1.54, 1.807) is 0 Å². The van der Waals surface area contributed by atoms with Crippen molar-refractivity contribution in [1.29, 1.82) is 0 Å². The molecule has 0 saturated heterocycles. The van der Waals surface area contributed by atoms with Crippen LogP contribution in [0.4, 0.5) is 0 Å². The van der Waals surface area contributed by atoms with Gasteiger partial charge in [0.2, 0.25) is 0 Å². The largest absolute Gasteiger partial charge is 0.351 e. The van der Waals surface area contributed by atoms with Crippen LogP contribution in [0.25, 0.3) is 11.1 Å². The first-order valence-corrected chi connectivity index (χ1v) is 8.41. The summed E-state index contributed by atoms with van der Waals surface area (Å²) in [5.41, 5.74) is 4.45. The second-order valence-corrected chi connectivity index (χ2v) is 7.47. The first kappa shape index (κ1) is 18.2. The van der Waals surface area contributed by atoms with Gasteiger partial charge in [-0.2, -0.15) is 0 Å². The Hall–Kier alpha value is -2.13. The number of nitrogens with one attached hydrogen (secondary N) is 1. The van der Waals surface area contributed by atoms with Crippen LogP contribution in [0.1, 0.15) is 36.7 Å². The van der Waals surface area contributed by atoms with Crippen LogP contribution in [0.3, 0.4) is 0 Å². The third-order valence-electron chi connectivity index (χ3n) is 4.05. The molecular weight excluding hydrogens is 296 g/mol. The summed E-state index contributed by atoms with van der Waals surface area (Å²) in [7, 11) is 3.99. The standard InChI is InChI=1S/C21H28N2O/c1-21(2,3)19-8-6-7-18(15-19)16-9-11-17(12-10-16)20(24)22-13-14-23(4)5/h6-12,15H,13-14H2,1-5H3,(H,22,24). The normalized spacial score (nSPS) is 11.6. The highest BCUT2D eigenvalue weighted by Gasteiger charge is 2.14. The van der Waals surface area contributed by atoms with Crippen molar-refractivity contribution in [3.05, 3.63) is 59.7 Å². The predicted molar refractivity (Wildman–Crippen MR) is 101 cm³/mol. The van der Waals surface area contributed by atoms with E-state index in [4.69, 9.17) is 0 Å². The molecule has 0 aliphatic rings. The van der Waals surface area contributed by atoms with Crippen molar-refractivity contribution in [3.8, 4) is 11.1 Å². The monoisotopic (exact) mass is 324 g/mol. The summed E-state index contributed by atoms with van der Waals surface area (Å²) in [4.78, 5) is 14.2. The van der Waals surface area contributed by atoms with E-state index in [1.165, 1.54) is 11.1 Å². The molecule has 0 atom stereocenters. The molecule has 3 heteroatoms. The fraction of sp³-hybridized carbons (Fsp3) is 0.381. The van der Waals surface area contributed by atoms with Crippen molar-refractivity contribution in [1.82, 2.24) is 10.2 Å². The zero-order valence-corrected chi connectivity index (χ0v) is 15.4. The molecular formula is C21H28N2O. The molecule has 0 unspecified atom stereocenters. The number of likely N-dealkylation sites (N-methyl/N-ethyl adjacent to an activating group) is 1. The Morgan fingerprint density at radius 2 is 1.67 bits per heavy atom. The van der Waals surface area contributed by atoms with Crippen LogP contribution >= 0.6 is 0 Å². The number of carbonyl (C=O) groups is 1. The molecule has 0 spiro atoms. The van der Waals surface area contributed by atoms with Gasteiger partial charge in [0.15, 0.2) is 0 Å². The van der Waals surface area contributed by atoms with Crippen LogP contribution in [-0.4, -0.2) is 38.0 Å². The van der Waals surface area contributed by atoms with Crippen molar-refractivity contribution in [2.24, 2.45) is 0 Å². The summed E-state index contributed by atoms with van der Waals surface area (Å²) in [6.45, 7) is 8.14. The molecule has 2 aromatic carbocycles. The highest BCUT2D eigenvalue weighted by Crippen LogP contribution is 2.27.